The van der Waals surface area contributed by atoms with Gasteiger partial charge in [0.25, 0.3) is 5.69 Å². The summed E-state index contributed by atoms with van der Waals surface area (Å²) in [5, 5.41) is 11.0. The summed E-state index contributed by atoms with van der Waals surface area (Å²) in [6.45, 7) is 1.93. The first-order valence-corrected chi connectivity index (χ1v) is 6.95. The Balaban J connectivity index is 2.33. The molecular weight excluding hydrogens is 296 g/mol. The molecule has 116 valence electrons. The first kappa shape index (κ1) is 14.8. The number of carbonyl (C=O) groups excluding carboxylic acids is 1. The molecule has 0 aliphatic carbocycles. The zero-order valence-electron chi connectivity index (χ0n) is 12.6. The van der Waals surface area contributed by atoms with Gasteiger partial charge in [-0.2, -0.15) is 0 Å². The Kier molecular flexibility index (Phi) is 3.57. The van der Waals surface area contributed by atoms with Gasteiger partial charge in [-0.15, -0.1) is 0 Å². The summed E-state index contributed by atoms with van der Waals surface area (Å²) >= 11 is 0. The van der Waals surface area contributed by atoms with Crippen LogP contribution in [0.5, 0.6) is 5.75 Å². The highest BCUT2D eigenvalue weighted by atomic mass is 16.6. The molecular formula is C17H14N2O4. The number of aldehydes is 1. The summed E-state index contributed by atoms with van der Waals surface area (Å²) in [7, 11) is 1.49. The zero-order valence-corrected chi connectivity index (χ0v) is 12.6. The molecule has 3 rings (SSSR count). The first-order chi connectivity index (χ1) is 11.0. The van der Waals surface area contributed by atoms with Gasteiger partial charge in [0, 0.05) is 35.0 Å². The molecule has 0 N–H and O–H groups in total. The molecule has 0 fully saturated rings. The molecule has 0 saturated carbocycles. The highest BCUT2D eigenvalue weighted by Crippen LogP contribution is 2.36. The highest BCUT2D eigenvalue weighted by Gasteiger charge is 2.18. The minimum atomic E-state index is -0.469. The summed E-state index contributed by atoms with van der Waals surface area (Å²) in [5.41, 5.74) is 3.35. The lowest BCUT2D eigenvalue weighted by atomic mass is 10.0. The zero-order chi connectivity index (χ0) is 16.6. The minimum absolute atomic E-state index is 0.0518. The molecule has 3 aromatic rings. The van der Waals surface area contributed by atoms with E-state index >= 15 is 0 Å². The Bertz CT molecular complexity index is 928. The van der Waals surface area contributed by atoms with E-state index < -0.39 is 4.92 Å². The normalized spacial score (nSPS) is 10.7. The Hall–Kier alpha value is -3.15. The quantitative estimate of drug-likeness (QED) is 0.419. The van der Waals surface area contributed by atoms with E-state index in [0.717, 1.165) is 17.4 Å². The molecule has 0 atom stereocenters. The Morgan fingerprint density at radius 3 is 2.61 bits per heavy atom. The number of pyridine rings is 1. The molecule has 0 unspecified atom stereocenters. The number of aryl methyl sites for hydroxylation is 1. The van der Waals surface area contributed by atoms with Crippen molar-refractivity contribution in [3.05, 3.63) is 64.0 Å². The molecule has 6 heteroatoms. The Labute approximate surface area is 132 Å². The maximum absolute atomic E-state index is 11.6. The fourth-order valence-electron chi connectivity index (χ4n) is 2.65. The first-order valence-electron chi connectivity index (χ1n) is 6.95. The fourth-order valence-corrected chi connectivity index (χ4v) is 2.65. The maximum Gasteiger partial charge on any atom is 0.270 e. The van der Waals surface area contributed by atoms with Crippen molar-refractivity contribution >= 4 is 17.5 Å². The van der Waals surface area contributed by atoms with E-state index in [1.165, 1.54) is 25.3 Å². The summed E-state index contributed by atoms with van der Waals surface area (Å²) in [4.78, 5) is 22.2. The van der Waals surface area contributed by atoms with Crippen LogP contribution in [0.25, 0.3) is 16.6 Å². The number of nitro groups is 1. The largest absolute Gasteiger partial charge is 0.496 e. The molecule has 2 aromatic heterocycles. The van der Waals surface area contributed by atoms with Gasteiger partial charge in [-0.05, 0) is 30.7 Å². The van der Waals surface area contributed by atoms with Gasteiger partial charge in [0.1, 0.15) is 5.75 Å². The number of nitrogens with zero attached hydrogens (tertiary/aromatic N) is 2. The average Bonchev–Trinajstić information content (AvgIpc) is 2.91. The van der Waals surface area contributed by atoms with Crippen molar-refractivity contribution < 1.29 is 14.5 Å². The van der Waals surface area contributed by atoms with Crippen LogP contribution >= 0.6 is 0 Å². The number of ether oxygens (including phenoxy) is 1. The van der Waals surface area contributed by atoms with E-state index in [4.69, 9.17) is 4.74 Å². The second-order valence-corrected chi connectivity index (χ2v) is 5.20. The van der Waals surface area contributed by atoms with Crippen molar-refractivity contribution in [1.82, 2.24) is 4.40 Å². The van der Waals surface area contributed by atoms with E-state index in [9.17, 15) is 14.9 Å². The third kappa shape index (κ3) is 2.44. The standard InChI is InChI=1S/C17H14N2O4/c1-11-3-4-12-7-14(16(10-20)18(12)9-11)15-8-13(19(21)22)5-6-17(15)23-2/h3-10H,1-2H3. The number of aromatic nitrogens is 1. The second kappa shape index (κ2) is 5.57. The number of nitro benzene ring substituents is 1. The third-order valence-electron chi connectivity index (χ3n) is 3.75. The number of rotatable bonds is 4. The number of hydrogen-bond donors (Lipinski definition) is 0. The molecule has 0 saturated heterocycles. The lowest BCUT2D eigenvalue weighted by Crippen LogP contribution is -1.96. The SMILES string of the molecule is COc1ccc([N+](=O)[O-])cc1-c1cc2ccc(C)cn2c1C=O. The van der Waals surface area contributed by atoms with Gasteiger partial charge in [0.15, 0.2) is 6.29 Å². The summed E-state index contributed by atoms with van der Waals surface area (Å²) in [6.07, 6.45) is 2.60. The predicted molar refractivity (Wildman–Crippen MR) is 86.2 cm³/mol. The molecule has 0 aliphatic heterocycles. The molecule has 23 heavy (non-hydrogen) atoms. The van der Waals surface area contributed by atoms with Crippen LogP contribution < -0.4 is 4.74 Å². The van der Waals surface area contributed by atoms with Crippen LogP contribution in [0, 0.1) is 17.0 Å². The number of benzene rings is 1. The smallest absolute Gasteiger partial charge is 0.270 e. The summed E-state index contributed by atoms with van der Waals surface area (Å²) in [5.74, 6) is 0.478. The second-order valence-electron chi connectivity index (χ2n) is 5.20. The predicted octanol–water partition coefficient (Wildman–Crippen LogP) is 3.64. The topological polar surface area (TPSA) is 73.8 Å². The third-order valence-corrected chi connectivity index (χ3v) is 3.75. The van der Waals surface area contributed by atoms with Gasteiger partial charge >= 0.3 is 0 Å². The number of methoxy groups -OCH3 is 1. The average molecular weight is 310 g/mol. The molecule has 0 spiro atoms. The molecule has 1 aromatic carbocycles. The number of non-ortho nitro benzene ring substituents is 1. The molecule has 2 heterocycles. The van der Waals surface area contributed by atoms with E-state index in [0.29, 0.717) is 22.6 Å². The van der Waals surface area contributed by atoms with Gasteiger partial charge in [-0.25, -0.2) is 0 Å². The van der Waals surface area contributed by atoms with Crippen LogP contribution in [0.4, 0.5) is 5.69 Å². The Morgan fingerprint density at radius 2 is 1.96 bits per heavy atom. The number of fused-ring (bicyclic) bond motifs is 1. The van der Waals surface area contributed by atoms with E-state index in [1.54, 1.807) is 4.40 Å². The van der Waals surface area contributed by atoms with E-state index in [1.807, 2.05) is 31.3 Å². The molecule has 0 aliphatic rings. The number of carbonyl (C=O) groups is 1. The van der Waals surface area contributed by atoms with Gasteiger partial charge in [0.2, 0.25) is 0 Å². The van der Waals surface area contributed by atoms with Crippen LogP contribution in [-0.4, -0.2) is 22.7 Å². The monoisotopic (exact) mass is 310 g/mol. The van der Waals surface area contributed by atoms with Gasteiger partial charge < -0.3 is 9.14 Å². The molecule has 0 radical (unpaired) electrons. The minimum Gasteiger partial charge on any atom is -0.496 e. The van der Waals surface area contributed by atoms with Crippen LogP contribution in [-0.2, 0) is 0 Å². The summed E-state index contributed by atoms with van der Waals surface area (Å²) in [6, 6.07) is 10.0. The van der Waals surface area contributed by atoms with Gasteiger partial charge in [-0.3, -0.25) is 14.9 Å². The molecule has 6 nitrogen and oxygen atoms in total. The van der Waals surface area contributed by atoms with Crippen molar-refractivity contribution in [3.63, 3.8) is 0 Å². The van der Waals surface area contributed by atoms with Crippen molar-refractivity contribution in [3.8, 4) is 16.9 Å². The summed E-state index contributed by atoms with van der Waals surface area (Å²) < 4.78 is 7.08. The van der Waals surface area contributed by atoms with Crippen LogP contribution in [0.1, 0.15) is 16.1 Å². The lowest BCUT2D eigenvalue weighted by Gasteiger charge is -2.08. The van der Waals surface area contributed by atoms with Crippen LogP contribution in [0.15, 0.2) is 42.6 Å². The van der Waals surface area contributed by atoms with Crippen LogP contribution in [0.2, 0.25) is 0 Å². The maximum atomic E-state index is 11.6. The molecule has 0 amide bonds. The number of hydrogen-bond acceptors (Lipinski definition) is 4. The van der Waals surface area contributed by atoms with Crippen LogP contribution in [0.3, 0.4) is 0 Å². The highest BCUT2D eigenvalue weighted by molar-refractivity contribution is 5.92. The Morgan fingerprint density at radius 1 is 1.17 bits per heavy atom. The fraction of sp³-hybridized carbons (Fsp3) is 0.118. The van der Waals surface area contributed by atoms with E-state index in [2.05, 4.69) is 0 Å². The van der Waals surface area contributed by atoms with Crippen molar-refractivity contribution in [1.29, 1.82) is 0 Å². The van der Waals surface area contributed by atoms with Crippen molar-refractivity contribution in [2.45, 2.75) is 6.92 Å². The molecule has 0 bridgehead atoms. The van der Waals surface area contributed by atoms with Gasteiger partial charge in [0.05, 0.1) is 17.7 Å². The van der Waals surface area contributed by atoms with Crippen molar-refractivity contribution in [2.75, 3.05) is 7.11 Å². The lowest BCUT2D eigenvalue weighted by molar-refractivity contribution is -0.384. The van der Waals surface area contributed by atoms with Gasteiger partial charge in [-0.1, -0.05) is 6.07 Å². The van der Waals surface area contributed by atoms with E-state index in [-0.39, 0.29) is 5.69 Å². The van der Waals surface area contributed by atoms with Crippen molar-refractivity contribution in [2.24, 2.45) is 0 Å².